The molecule has 0 bridgehead atoms. The minimum absolute atomic E-state index is 0. The first-order valence-electron chi connectivity index (χ1n) is 4.86. The maximum Gasteiger partial charge on any atom is 1.00 e. The molecule has 0 unspecified atom stereocenters. The van der Waals surface area contributed by atoms with E-state index < -0.39 is 11.9 Å². The van der Waals surface area contributed by atoms with Crippen LogP contribution in [0.25, 0.3) is 0 Å². The van der Waals surface area contributed by atoms with Gasteiger partial charge < -0.3 is 30.8 Å². The first kappa shape index (κ1) is 29.2. The van der Waals surface area contributed by atoms with Crippen molar-refractivity contribution in [2.24, 2.45) is 0 Å². The minimum Gasteiger partial charge on any atom is -0.543 e. The Labute approximate surface area is 170 Å². The van der Waals surface area contributed by atoms with E-state index in [1.807, 2.05) is 0 Å². The summed E-state index contributed by atoms with van der Waals surface area (Å²) in [6.45, 7) is 0. The normalized spacial score (nSPS) is 7.27. The summed E-state index contributed by atoms with van der Waals surface area (Å²) in [5, 5.41) is 20.1. The van der Waals surface area contributed by atoms with E-state index in [2.05, 4.69) is 9.97 Å². The van der Waals surface area contributed by atoms with Gasteiger partial charge >= 0.3 is 59.1 Å². The fourth-order valence-electron chi connectivity index (χ4n) is 0.967. The van der Waals surface area contributed by atoms with Gasteiger partial charge in [0, 0.05) is 12.4 Å². The van der Waals surface area contributed by atoms with Crippen LogP contribution in [0.2, 0.25) is 0 Å². The molecule has 0 saturated carbocycles. The first-order chi connectivity index (χ1) is 8.61. The van der Waals surface area contributed by atoms with Crippen molar-refractivity contribution in [1.82, 2.24) is 9.97 Å². The third-order valence-corrected chi connectivity index (χ3v) is 1.75. The first-order valence-corrected chi connectivity index (χ1v) is 4.86. The van der Waals surface area contributed by atoms with Gasteiger partial charge in [-0.15, -0.1) is 0 Å². The molecule has 0 fully saturated rings. The van der Waals surface area contributed by atoms with Crippen LogP contribution in [0.1, 0.15) is 21.0 Å². The van der Waals surface area contributed by atoms with Crippen LogP contribution < -0.4 is 69.3 Å². The zero-order valence-corrected chi connectivity index (χ0v) is 16.1. The fourth-order valence-corrected chi connectivity index (χ4v) is 0.967. The van der Waals surface area contributed by atoms with Crippen LogP contribution in [0.15, 0.2) is 48.8 Å². The predicted molar refractivity (Wildman–Crippen MR) is 64.4 cm³/mol. The van der Waals surface area contributed by atoms with Gasteiger partial charge in [0.2, 0.25) is 0 Å². The van der Waals surface area contributed by atoms with Crippen molar-refractivity contribution in [3.8, 4) is 0 Å². The molecule has 10 heteroatoms. The third kappa shape index (κ3) is 11.8. The third-order valence-electron chi connectivity index (χ3n) is 1.75. The molecule has 2 aromatic heterocycles. The number of hydrogen-bond acceptors (Lipinski definition) is 6. The molecule has 0 spiro atoms. The van der Waals surface area contributed by atoms with Crippen molar-refractivity contribution in [2.45, 2.75) is 0 Å². The summed E-state index contributed by atoms with van der Waals surface area (Å²) in [6.07, 6.45) is 2.82. The molecule has 0 atom stereocenters. The number of carboxylic acid groups (broad SMARTS) is 2. The summed E-state index contributed by atoms with van der Waals surface area (Å²) >= 11 is 0. The minimum atomic E-state index is -1.24. The van der Waals surface area contributed by atoms with Crippen LogP contribution in [-0.4, -0.2) is 32.9 Å². The Bertz CT molecular complexity index is 478. The Balaban J connectivity index is -0.000000125. The maximum absolute atomic E-state index is 10.0. The second-order valence-electron chi connectivity index (χ2n) is 3.00. The standard InChI is InChI=1S/2C6H5NO2.2Na.2H2O/c2*8-6(9)5-3-1-2-4-7-5;;;;/h2*1-4H,(H,8,9);;;2*1H2/q;;2*+1;;/p-2. The van der Waals surface area contributed by atoms with Crippen LogP contribution in [0.4, 0.5) is 0 Å². The van der Waals surface area contributed by atoms with Crippen molar-refractivity contribution in [3.63, 3.8) is 0 Å². The van der Waals surface area contributed by atoms with Gasteiger partial charge in [-0.3, -0.25) is 9.97 Å². The van der Waals surface area contributed by atoms with E-state index in [0.29, 0.717) is 0 Å². The number of pyridine rings is 2. The molecule has 0 amide bonds. The molecule has 4 N–H and O–H groups in total. The van der Waals surface area contributed by atoms with Crippen LogP contribution >= 0.6 is 0 Å². The van der Waals surface area contributed by atoms with Crippen LogP contribution in [0.5, 0.6) is 0 Å². The molecule has 2 aromatic rings. The SMILES string of the molecule is O.O.O=C([O-])c1ccccn1.O=C([O-])c1ccccn1.[Na+].[Na+]. The summed E-state index contributed by atoms with van der Waals surface area (Å²) in [7, 11) is 0. The molecule has 22 heavy (non-hydrogen) atoms. The van der Waals surface area contributed by atoms with Gasteiger partial charge in [-0.1, -0.05) is 12.1 Å². The van der Waals surface area contributed by atoms with Gasteiger partial charge in [0.25, 0.3) is 0 Å². The molecular weight excluding hydrogens is 314 g/mol. The Morgan fingerprint density at radius 2 is 1.05 bits per heavy atom. The van der Waals surface area contributed by atoms with Gasteiger partial charge in [0.05, 0.1) is 23.3 Å². The smallest absolute Gasteiger partial charge is 0.543 e. The molecule has 0 aliphatic heterocycles. The molecular formula is C12H12N2Na2O6. The summed E-state index contributed by atoms with van der Waals surface area (Å²) < 4.78 is 0. The van der Waals surface area contributed by atoms with Gasteiger partial charge in [-0.25, -0.2) is 0 Å². The molecule has 0 radical (unpaired) electrons. The zero-order chi connectivity index (χ0) is 13.4. The summed E-state index contributed by atoms with van der Waals surface area (Å²) in [6, 6.07) is 9.25. The van der Waals surface area contributed by atoms with E-state index in [0.717, 1.165) is 0 Å². The van der Waals surface area contributed by atoms with Gasteiger partial charge in [-0.2, -0.15) is 0 Å². The Kier molecular flexibility index (Phi) is 21.9. The average molecular weight is 326 g/mol. The molecule has 108 valence electrons. The van der Waals surface area contributed by atoms with E-state index in [9.17, 15) is 19.8 Å². The average Bonchev–Trinajstić information content (AvgIpc) is 2.41. The van der Waals surface area contributed by atoms with E-state index in [-0.39, 0.29) is 81.5 Å². The van der Waals surface area contributed by atoms with E-state index in [1.165, 1.54) is 24.5 Å². The van der Waals surface area contributed by atoms with Gasteiger partial charge in [0.1, 0.15) is 0 Å². The second kappa shape index (κ2) is 16.5. The summed E-state index contributed by atoms with van der Waals surface area (Å²) in [5.41, 5.74) is -0.0602. The molecule has 2 rings (SSSR count). The van der Waals surface area contributed by atoms with Crippen LogP contribution in [0, 0.1) is 0 Å². The number of carbonyl (C=O) groups excluding carboxylic acids is 2. The largest absolute Gasteiger partial charge is 1.00 e. The molecule has 0 aliphatic rings. The van der Waals surface area contributed by atoms with E-state index in [1.54, 1.807) is 24.3 Å². The number of carbonyl (C=O) groups is 2. The van der Waals surface area contributed by atoms with Crippen LogP contribution in [-0.2, 0) is 0 Å². The number of hydrogen-bond donors (Lipinski definition) is 0. The Morgan fingerprint density at radius 1 is 0.727 bits per heavy atom. The molecule has 8 nitrogen and oxygen atoms in total. The number of aromatic nitrogens is 2. The predicted octanol–water partition coefficient (Wildman–Crippen LogP) is -8.75. The van der Waals surface area contributed by atoms with Gasteiger partial charge in [-0.05, 0) is 24.3 Å². The Hall–Kier alpha value is -0.840. The van der Waals surface area contributed by atoms with Crippen molar-refractivity contribution < 1.29 is 89.9 Å². The van der Waals surface area contributed by atoms with Crippen molar-refractivity contribution in [3.05, 3.63) is 60.2 Å². The van der Waals surface area contributed by atoms with Crippen LogP contribution in [0.3, 0.4) is 0 Å². The monoisotopic (exact) mass is 326 g/mol. The van der Waals surface area contributed by atoms with E-state index in [4.69, 9.17) is 0 Å². The maximum atomic E-state index is 10.0. The van der Waals surface area contributed by atoms with Crippen molar-refractivity contribution in [2.75, 3.05) is 0 Å². The summed E-state index contributed by atoms with van der Waals surface area (Å²) in [4.78, 5) is 27.1. The Morgan fingerprint density at radius 3 is 1.18 bits per heavy atom. The fraction of sp³-hybridized carbons (Fsp3) is 0. The number of rotatable bonds is 2. The molecule has 0 aromatic carbocycles. The second-order valence-corrected chi connectivity index (χ2v) is 3.00. The molecule has 0 aliphatic carbocycles. The van der Waals surface area contributed by atoms with Crippen molar-refractivity contribution >= 4 is 11.9 Å². The number of carboxylic acids is 2. The summed E-state index contributed by atoms with van der Waals surface area (Å²) in [5.74, 6) is -2.48. The van der Waals surface area contributed by atoms with Crippen molar-refractivity contribution in [1.29, 1.82) is 0 Å². The topological polar surface area (TPSA) is 169 Å². The zero-order valence-electron chi connectivity index (χ0n) is 12.1. The number of aromatic carboxylic acids is 2. The molecule has 2 heterocycles. The number of nitrogens with zero attached hydrogens (tertiary/aromatic N) is 2. The molecule has 0 saturated heterocycles. The van der Waals surface area contributed by atoms with Gasteiger partial charge in [0.15, 0.2) is 0 Å². The van der Waals surface area contributed by atoms with E-state index >= 15 is 0 Å². The quantitative estimate of drug-likeness (QED) is 0.496.